The molecule has 0 heterocycles. The van der Waals surface area contributed by atoms with Crippen molar-refractivity contribution < 1.29 is 4.79 Å². The molecule has 5 heteroatoms. The Balaban J connectivity index is 2.03. The van der Waals surface area contributed by atoms with Crippen molar-refractivity contribution in [1.82, 2.24) is 0 Å². The van der Waals surface area contributed by atoms with Crippen molar-refractivity contribution in [2.45, 2.75) is 6.92 Å². The Morgan fingerprint density at radius 2 is 1.79 bits per heavy atom. The fourth-order valence-electron chi connectivity index (χ4n) is 1.58. The molecule has 0 spiro atoms. The largest absolute Gasteiger partial charge is 0.323 e. The van der Waals surface area contributed by atoms with Crippen LogP contribution >= 0.6 is 27.5 Å². The molecule has 2 aromatic carbocycles. The molecule has 0 aliphatic carbocycles. The summed E-state index contributed by atoms with van der Waals surface area (Å²) in [4.78, 5) is 11.8. The van der Waals surface area contributed by atoms with Crippen LogP contribution in [0.25, 0.3) is 0 Å². The summed E-state index contributed by atoms with van der Waals surface area (Å²) in [5.41, 5.74) is 2.34. The average Bonchev–Trinajstić information content (AvgIpc) is 2.34. The minimum absolute atomic E-state index is 0.292. The van der Waals surface area contributed by atoms with E-state index in [1.165, 1.54) is 0 Å². The van der Waals surface area contributed by atoms with E-state index in [1.807, 2.05) is 37.3 Å². The van der Waals surface area contributed by atoms with Gasteiger partial charge in [-0.2, -0.15) is 0 Å². The summed E-state index contributed by atoms with van der Waals surface area (Å²) in [6.07, 6.45) is 0. The van der Waals surface area contributed by atoms with E-state index in [1.54, 1.807) is 12.1 Å². The first kappa shape index (κ1) is 13.9. The van der Waals surface area contributed by atoms with Crippen LogP contribution in [-0.2, 0) is 0 Å². The van der Waals surface area contributed by atoms with Gasteiger partial charge in [0.05, 0.1) is 0 Å². The molecule has 0 radical (unpaired) electrons. The van der Waals surface area contributed by atoms with Crippen molar-refractivity contribution >= 4 is 44.9 Å². The molecule has 0 bridgehead atoms. The molecule has 0 aromatic heterocycles. The SMILES string of the molecule is Cc1cc(NC(=O)Nc2cccc(Br)c2)ccc1Cl. The number of benzene rings is 2. The highest BCUT2D eigenvalue weighted by molar-refractivity contribution is 9.10. The van der Waals surface area contributed by atoms with E-state index in [0.717, 1.165) is 15.7 Å². The summed E-state index contributed by atoms with van der Waals surface area (Å²) in [5, 5.41) is 6.18. The highest BCUT2D eigenvalue weighted by atomic mass is 79.9. The highest BCUT2D eigenvalue weighted by Gasteiger charge is 2.04. The average molecular weight is 340 g/mol. The number of carbonyl (C=O) groups excluding carboxylic acids is 1. The minimum Gasteiger partial charge on any atom is -0.308 e. The maximum absolute atomic E-state index is 11.8. The van der Waals surface area contributed by atoms with Crippen molar-refractivity contribution in [1.29, 1.82) is 0 Å². The van der Waals surface area contributed by atoms with E-state index < -0.39 is 0 Å². The minimum atomic E-state index is -0.292. The van der Waals surface area contributed by atoms with Gasteiger partial charge in [0.1, 0.15) is 0 Å². The molecule has 3 nitrogen and oxygen atoms in total. The van der Waals surface area contributed by atoms with Gasteiger partial charge in [0, 0.05) is 20.9 Å². The quantitative estimate of drug-likeness (QED) is 0.789. The Morgan fingerprint density at radius 1 is 1.11 bits per heavy atom. The molecule has 0 unspecified atom stereocenters. The van der Waals surface area contributed by atoms with Gasteiger partial charge in [-0.1, -0.05) is 33.6 Å². The van der Waals surface area contributed by atoms with Crippen LogP contribution in [0.15, 0.2) is 46.9 Å². The molecule has 0 aliphatic heterocycles. The molecular weight excluding hydrogens is 328 g/mol. The predicted molar refractivity (Wildman–Crippen MR) is 83.0 cm³/mol. The first-order valence-corrected chi connectivity index (χ1v) is 6.81. The van der Waals surface area contributed by atoms with Crippen molar-refractivity contribution in [3.63, 3.8) is 0 Å². The van der Waals surface area contributed by atoms with Crippen molar-refractivity contribution in [3.05, 3.63) is 57.5 Å². The molecule has 19 heavy (non-hydrogen) atoms. The van der Waals surface area contributed by atoms with Gasteiger partial charge in [-0.05, 0) is 48.9 Å². The van der Waals surface area contributed by atoms with Crippen LogP contribution in [0.4, 0.5) is 16.2 Å². The number of hydrogen-bond donors (Lipinski definition) is 2. The molecule has 0 fully saturated rings. The lowest BCUT2D eigenvalue weighted by Crippen LogP contribution is -2.19. The number of anilines is 2. The van der Waals surface area contributed by atoms with Crippen LogP contribution in [-0.4, -0.2) is 6.03 Å². The Kier molecular flexibility index (Phi) is 4.45. The smallest absolute Gasteiger partial charge is 0.308 e. The second kappa shape index (κ2) is 6.08. The topological polar surface area (TPSA) is 41.1 Å². The zero-order chi connectivity index (χ0) is 13.8. The van der Waals surface area contributed by atoms with Gasteiger partial charge in [0.2, 0.25) is 0 Å². The molecular formula is C14H12BrClN2O. The van der Waals surface area contributed by atoms with Crippen molar-refractivity contribution in [2.75, 3.05) is 10.6 Å². The third kappa shape index (κ3) is 3.98. The van der Waals surface area contributed by atoms with Crippen molar-refractivity contribution in [2.24, 2.45) is 0 Å². The third-order valence-corrected chi connectivity index (χ3v) is 3.42. The Labute approximate surface area is 125 Å². The first-order chi connectivity index (χ1) is 9.04. The highest BCUT2D eigenvalue weighted by Crippen LogP contribution is 2.20. The standard InChI is InChI=1S/C14H12BrClN2O/c1-9-7-12(5-6-13(9)16)18-14(19)17-11-4-2-3-10(15)8-11/h2-8H,1H3,(H2,17,18,19). The van der Waals surface area contributed by atoms with Crippen LogP contribution in [0, 0.1) is 6.92 Å². The summed E-state index contributed by atoms with van der Waals surface area (Å²) >= 11 is 9.28. The Morgan fingerprint density at radius 3 is 2.42 bits per heavy atom. The van der Waals surface area contributed by atoms with Gasteiger partial charge in [-0.15, -0.1) is 0 Å². The number of nitrogens with one attached hydrogen (secondary N) is 2. The van der Waals surface area contributed by atoms with E-state index in [-0.39, 0.29) is 6.03 Å². The van der Waals surface area contributed by atoms with Crippen LogP contribution in [0.2, 0.25) is 5.02 Å². The van der Waals surface area contributed by atoms with E-state index in [0.29, 0.717) is 10.7 Å². The zero-order valence-corrected chi connectivity index (χ0v) is 12.5. The molecule has 2 amide bonds. The van der Waals surface area contributed by atoms with Gasteiger partial charge in [0.25, 0.3) is 0 Å². The van der Waals surface area contributed by atoms with E-state index in [9.17, 15) is 4.79 Å². The molecule has 0 aliphatic rings. The molecule has 2 aromatic rings. The number of amides is 2. The van der Waals surface area contributed by atoms with Crippen LogP contribution in [0.1, 0.15) is 5.56 Å². The summed E-state index contributed by atoms with van der Waals surface area (Å²) in [5.74, 6) is 0. The predicted octanol–water partition coefficient (Wildman–Crippen LogP) is 5.05. The normalized spacial score (nSPS) is 10.1. The number of rotatable bonds is 2. The molecule has 0 saturated heterocycles. The lowest BCUT2D eigenvalue weighted by atomic mass is 10.2. The lowest BCUT2D eigenvalue weighted by Gasteiger charge is -2.09. The number of hydrogen-bond acceptors (Lipinski definition) is 1. The van der Waals surface area contributed by atoms with Gasteiger partial charge < -0.3 is 10.6 Å². The fourth-order valence-corrected chi connectivity index (χ4v) is 2.10. The maximum atomic E-state index is 11.8. The third-order valence-electron chi connectivity index (χ3n) is 2.50. The second-order valence-corrected chi connectivity index (χ2v) is 5.38. The van der Waals surface area contributed by atoms with Crippen LogP contribution in [0.3, 0.4) is 0 Å². The molecule has 0 saturated carbocycles. The summed E-state index contributed by atoms with van der Waals surface area (Å²) in [6, 6.07) is 12.4. The molecule has 98 valence electrons. The fraction of sp³-hybridized carbons (Fsp3) is 0.0714. The number of aryl methyl sites for hydroxylation is 1. The molecule has 0 atom stereocenters. The first-order valence-electron chi connectivity index (χ1n) is 5.64. The lowest BCUT2D eigenvalue weighted by molar-refractivity contribution is 0.262. The van der Waals surface area contributed by atoms with Crippen LogP contribution in [0.5, 0.6) is 0 Å². The summed E-state index contributed by atoms with van der Waals surface area (Å²) in [7, 11) is 0. The second-order valence-electron chi connectivity index (χ2n) is 4.05. The number of urea groups is 1. The van der Waals surface area contributed by atoms with Gasteiger partial charge in [-0.25, -0.2) is 4.79 Å². The monoisotopic (exact) mass is 338 g/mol. The van der Waals surface area contributed by atoms with E-state index >= 15 is 0 Å². The maximum Gasteiger partial charge on any atom is 0.323 e. The summed E-state index contributed by atoms with van der Waals surface area (Å²) in [6.45, 7) is 1.89. The Bertz CT molecular complexity index is 616. The van der Waals surface area contributed by atoms with E-state index in [2.05, 4.69) is 26.6 Å². The van der Waals surface area contributed by atoms with Crippen molar-refractivity contribution in [3.8, 4) is 0 Å². The van der Waals surface area contributed by atoms with Gasteiger partial charge >= 0.3 is 6.03 Å². The van der Waals surface area contributed by atoms with Gasteiger partial charge in [-0.3, -0.25) is 0 Å². The van der Waals surface area contributed by atoms with Gasteiger partial charge in [0.15, 0.2) is 0 Å². The molecule has 2 N–H and O–H groups in total. The molecule has 2 rings (SSSR count). The Hall–Kier alpha value is -1.52. The van der Waals surface area contributed by atoms with E-state index in [4.69, 9.17) is 11.6 Å². The number of carbonyl (C=O) groups is 1. The van der Waals surface area contributed by atoms with Crippen LogP contribution < -0.4 is 10.6 Å². The summed E-state index contributed by atoms with van der Waals surface area (Å²) < 4.78 is 0.910. The zero-order valence-electron chi connectivity index (χ0n) is 10.2. The number of halogens is 2.